The van der Waals surface area contributed by atoms with Crippen LogP contribution in [0.2, 0.25) is 0 Å². The van der Waals surface area contributed by atoms with Gasteiger partial charge in [0.25, 0.3) is 0 Å². The molecule has 1 aromatic carbocycles. The van der Waals surface area contributed by atoms with Crippen LogP contribution in [0, 0.1) is 17.2 Å². The summed E-state index contributed by atoms with van der Waals surface area (Å²) in [4.78, 5) is 14.8. The van der Waals surface area contributed by atoms with Crippen LogP contribution in [0.3, 0.4) is 0 Å². The summed E-state index contributed by atoms with van der Waals surface area (Å²) in [6.07, 6.45) is -3.47. The van der Waals surface area contributed by atoms with Crippen LogP contribution in [0.15, 0.2) is 35.0 Å². The van der Waals surface area contributed by atoms with E-state index in [2.05, 4.69) is 26.4 Å². The van der Waals surface area contributed by atoms with E-state index in [1.54, 1.807) is 17.4 Å². The molecule has 3 rings (SSSR count). The number of nitrogens with zero attached hydrogens (tertiary/aromatic N) is 2. The average Bonchev–Trinajstić information content (AvgIpc) is 3.19. The number of carbonyl (C=O) groups excluding carboxylic acids is 1. The Kier molecular flexibility index (Phi) is 6.77. The number of carbonyl (C=O) groups is 1. The van der Waals surface area contributed by atoms with Gasteiger partial charge in [-0.25, -0.2) is 0 Å². The van der Waals surface area contributed by atoms with Gasteiger partial charge in [-0.1, -0.05) is 6.07 Å². The number of benzene rings is 1. The third-order valence-electron chi connectivity index (χ3n) is 4.82. The monoisotopic (exact) mass is 423 g/mol. The van der Waals surface area contributed by atoms with Crippen molar-refractivity contribution in [1.82, 2.24) is 10.2 Å². The lowest BCUT2D eigenvalue weighted by atomic mass is 9.95. The standard InChI is InChI=1S/C20H20F3N3O2S/c21-20(22,23)28-18-9-14(10-24)1-2-17(18)11-25-19(27)16-3-6-26(7-4-16)12-15-5-8-29-13-15/h1-2,5,8-9,13,16H,3-4,6-7,11-12H2,(H,25,27). The lowest BCUT2D eigenvalue weighted by Crippen LogP contribution is -2.40. The molecule has 1 aliphatic rings. The van der Waals surface area contributed by atoms with Gasteiger partial charge < -0.3 is 10.1 Å². The summed E-state index contributed by atoms with van der Waals surface area (Å²) >= 11 is 1.66. The zero-order valence-corrected chi connectivity index (χ0v) is 16.4. The molecule has 0 aliphatic carbocycles. The Labute approximate surface area is 170 Å². The van der Waals surface area contributed by atoms with Gasteiger partial charge in [-0.2, -0.15) is 16.6 Å². The van der Waals surface area contributed by atoms with Gasteiger partial charge in [0, 0.05) is 24.6 Å². The van der Waals surface area contributed by atoms with Crippen molar-refractivity contribution in [3.63, 3.8) is 0 Å². The molecular weight excluding hydrogens is 403 g/mol. The Morgan fingerprint density at radius 2 is 2.07 bits per heavy atom. The van der Waals surface area contributed by atoms with Crippen molar-refractivity contribution in [1.29, 1.82) is 5.26 Å². The van der Waals surface area contributed by atoms with Gasteiger partial charge in [-0.05, 0) is 60.5 Å². The average molecular weight is 423 g/mol. The number of ether oxygens (including phenoxy) is 1. The number of nitriles is 1. The number of alkyl halides is 3. The maximum absolute atomic E-state index is 12.6. The van der Waals surface area contributed by atoms with Crippen molar-refractivity contribution in [2.45, 2.75) is 32.3 Å². The molecule has 0 saturated carbocycles. The summed E-state index contributed by atoms with van der Waals surface area (Å²) in [5.41, 5.74) is 1.48. The largest absolute Gasteiger partial charge is 0.573 e. The molecule has 1 aliphatic heterocycles. The third kappa shape index (κ3) is 6.21. The molecule has 154 valence electrons. The van der Waals surface area contributed by atoms with Crippen LogP contribution in [-0.2, 0) is 17.9 Å². The second kappa shape index (κ2) is 9.29. The fourth-order valence-electron chi connectivity index (χ4n) is 3.31. The fourth-order valence-corrected chi connectivity index (χ4v) is 3.97. The zero-order valence-electron chi connectivity index (χ0n) is 15.5. The number of nitrogens with one attached hydrogen (secondary N) is 1. The van der Waals surface area contributed by atoms with Gasteiger partial charge in [-0.15, -0.1) is 13.2 Å². The molecule has 0 radical (unpaired) electrons. The SMILES string of the molecule is N#Cc1ccc(CNC(=O)C2CCN(Cc3ccsc3)CC2)c(OC(F)(F)F)c1. The molecule has 5 nitrogen and oxygen atoms in total. The highest BCUT2D eigenvalue weighted by atomic mass is 32.1. The van der Waals surface area contributed by atoms with Crippen LogP contribution >= 0.6 is 11.3 Å². The number of hydrogen-bond acceptors (Lipinski definition) is 5. The van der Waals surface area contributed by atoms with Gasteiger partial charge in [0.05, 0.1) is 11.6 Å². The molecule has 2 aromatic rings. The van der Waals surface area contributed by atoms with E-state index in [-0.39, 0.29) is 29.5 Å². The topological polar surface area (TPSA) is 65.4 Å². The summed E-state index contributed by atoms with van der Waals surface area (Å²) in [6, 6.07) is 7.65. The molecule has 1 aromatic heterocycles. The Morgan fingerprint density at radius 3 is 2.69 bits per heavy atom. The van der Waals surface area contributed by atoms with Gasteiger partial charge in [0.15, 0.2) is 0 Å². The van der Waals surface area contributed by atoms with Crippen LogP contribution < -0.4 is 10.1 Å². The Hall–Kier alpha value is -2.57. The summed E-state index contributed by atoms with van der Waals surface area (Å²) in [7, 11) is 0. The van der Waals surface area contributed by atoms with Gasteiger partial charge >= 0.3 is 6.36 Å². The van der Waals surface area contributed by atoms with Crippen LogP contribution in [0.25, 0.3) is 0 Å². The van der Waals surface area contributed by atoms with E-state index in [0.717, 1.165) is 25.7 Å². The molecule has 1 N–H and O–H groups in total. The maximum Gasteiger partial charge on any atom is 0.573 e. The van der Waals surface area contributed by atoms with Crippen molar-refractivity contribution in [3.8, 4) is 11.8 Å². The number of thiophene rings is 1. The van der Waals surface area contributed by atoms with Crippen LogP contribution in [-0.4, -0.2) is 30.3 Å². The normalized spacial score (nSPS) is 15.7. The molecule has 1 fully saturated rings. The van der Waals surface area contributed by atoms with Crippen LogP contribution in [0.5, 0.6) is 5.75 Å². The van der Waals surface area contributed by atoms with Gasteiger partial charge in [0.1, 0.15) is 5.75 Å². The molecule has 0 spiro atoms. The van der Waals surface area contributed by atoms with Crippen molar-refractivity contribution in [2.24, 2.45) is 5.92 Å². The predicted octanol–water partition coefficient (Wildman–Crippen LogP) is 4.05. The lowest BCUT2D eigenvalue weighted by molar-refractivity contribution is -0.274. The number of piperidine rings is 1. The van der Waals surface area contributed by atoms with E-state index in [0.29, 0.717) is 12.8 Å². The molecule has 0 atom stereocenters. The smallest absolute Gasteiger partial charge is 0.405 e. The maximum atomic E-state index is 12.6. The van der Waals surface area contributed by atoms with Crippen molar-refractivity contribution < 1.29 is 22.7 Å². The Bertz CT molecular complexity index is 870. The minimum Gasteiger partial charge on any atom is -0.405 e. The highest BCUT2D eigenvalue weighted by Crippen LogP contribution is 2.28. The van der Waals surface area contributed by atoms with E-state index in [1.807, 2.05) is 5.38 Å². The number of amides is 1. The second-order valence-corrected chi connectivity index (χ2v) is 7.66. The molecule has 2 heterocycles. The van der Waals surface area contributed by atoms with Gasteiger partial charge in [-0.3, -0.25) is 9.69 Å². The lowest BCUT2D eigenvalue weighted by Gasteiger charge is -2.31. The van der Waals surface area contributed by atoms with Crippen molar-refractivity contribution >= 4 is 17.2 Å². The minimum atomic E-state index is -4.87. The third-order valence-corrected chi connectivity index (χ3v) is 5.55. The summed E-state index contributed by atoms with van der Waals surface area (Å²) in [5, 5.41) is 15.7. The number of rotatable bonds is 6. The van der Waals surface area contributed by atoms with E-state index in [4.69, 9.17) is 5.26 Å². The van der Waals surface area contributed by atoms with Gasteiger partial charge in [0.2, 0.25) is 5.91 Å². The number of halogens is 3. The summed E-state index contributed by atoms with van der Waals surface area (Å²) in [6.45, 7) is 2.37. The molecule has 9 heteroatoms. The fraction of sp³-hybridized carbons (Fsp3) is 0.400. The minimum absolute atomic E-state index is 0.0531. The van der Waals surface area contributed by atoms with E-state index in [1.165, 1.54) is 17.7 Å². The molecule has 1 saturated heterocycles. The Morgan fingerprint density at radius 1 is 1.31 bits per heavy atom. The second-order valence-electron chi connectivity index (χ2n) is 6.88. The molecular formula is C20H20F3N3O2S. The Balaban J connectivity index is 1.53. The van der Waals surface area contributed by atoms with Crippen molar-refractivity contribution in [3.05, 3.63) is 51.7 Å². The highest BCUT2D eigenvalue weighted by Gasteiger charge is 2.32. The van der Waals surface area contributed by atoms with E-state index < -0.39 is 12.1 Å². The molecule has 0 unspecified atom stereocenters. The molecule has 0 bridgehead atoms. The van der Waals surface area contributed by atoms with E-state index >= 15 is 0 Å². The zero-order chi connectivity index (χ0) is 20.9. The predicted molar refractivity (Wildman–Crippen MR) is 102 cm³/mol. The first-order valence-corrected chi connectivity index (χ1v) is 10.1. The molecule has 29 heavy (non-hydrogen) atoms. The van der Waals surface area contributed by atoms with Crippen molar-refractivity contribution in [2.75, 3.05) is 13.1 Å². The first-order valence-electron chi connectivity index (χ1n) is 9.14. The van der Waals surface area contributed by atoms with Crippen LogP contribution in [0.1, 0.15) is 29.5 Å². The molecule has 1 amide bonds. The first kappa shape index (κ1) is 21.1. The number of hydrogen-bond donors (Lipinski definition) is 1. The summed E-state index contributed by atoms with van der Waals surface area (Å²) < 4.78 is 41.9. The highest BCUT2D eigenvalue weighted by molar-refractivity contribution is 7.07. The van der Waals surface area contributed by atoms with E-state index in [9.17, 15) is 18.0 Å². The quantitative estimate of drug-likeness (QED) is 0.762. The summed E-state index contributed by atoms with van der Waals surface area (Å²) in [5.74, 6) is -0.816. The number of likely N-dealkylation sites (tertiary alicyclic amines) is 1. The van der Waals surface area contributed by atoms with Crippen LogP contribution in [0.4, 0.5) is 13.2 Å². The first-order chi connectivity index (χ1) is 13.8.